The van der Waals surface area contributed by atoms with Crippen LogP contribution in [-0.2, 0) is 18.4 Å². The first kappa shape index (κ1) is 14.4. The van der Waals surface area contributed by atoms with E-state index >= 15 is 0 Å². The van der Waals surface area contributed by atoms with Crippen molar-refractivity contribution in [1.82, 2.24) is 14.5 Å². The van der Waals surface area contributed by atoms with Crippen LogP contribution in [0.15, 0.2) is 12.4 Å². The van der Waals surface area contributed by atoms with Gasteiger partial charge in [-0.15, -0.1) is 0 Å². The van der Waals surface area contributed by atoms with E-state index in [4.69, 9.17) is 5.73 Å². The van der Waals surface area contributed by atoms with Gasteiger partial charge in [0.25, 0.3) is 0 Å². The molecule has 1 aliphatic rings. The Kier molecular flexibility index (Phi) is 4.87. The van der Waals surface area contributed by atoms with Crippen LogP contribution in [0.5, 0.6) is 0 Å². The van der Waals surface area contributed by atoms with Crippen molar-refractivity contribution in [2.45, 2.75) is 37.9 Å². The Balaban J connectivity index is 1.99. The fourth-order valence-electron chi connectivity index (χ4n) is 2.06. The zero-order chi connectivity index (χ0) is 13.8. The van der Waals surface area contributed by atoms with E-state index in [1.807, 2.05) is 29.0 Å². The molecule has 0 unspecified atom stereocenters. The molecular weight excluding hydrogens is 260 g/mol. The molecule has 1 aromatic heterocycles. The van der Waals surface area contributed by atoms with Crippen LogP contribution in [0.2, 0.25) is 0 Å². The van der Waals surface area contributed by atoms with Gasteiger partial charge in [-0.05, 0) is 31.3 Å². The van der Waals surface area contributed by atoms with Gasteiger partial charge in [0.05, 0.1) is 12.6 Å². The normalized spacial score (nSPS) is 16.4. The molecule has 106 valence electrons. The molecule has 1 amide bonds. The summed E-state index contributed by atoms with van der Waals surface area (Å²) in [7, 11) is 1.95. The number of nitrogens with zero attached hydrogens (tertiary/aromatic N) is 3. The Morgan fingerprint density at radius 2 is 2.42 bits per heavy atom. The predicted octanol–water partition coefficient (Wildman–Crippen LogP) is 0.991. The van der Waals surface area contributed by atoms with Crippen LogP contribution in [-0.4, -0.2) is 44.5 Å². The lowest BCUT2D eigenvalue weighted by molar-refractivity contribution is -0.134. The Bertz CT molecular complexity index is 430. The van der Waals surface area contributed by atoms with Crippen molar-refractivity contribution in [3.8, 4) is 0 Å². The molecule has 1 aliphatic carbocycles. The van der Waals surface area contributed by atoms with Gasteiger partial charge < -0.3 is 15.2 Å². The second-order valence-corrected chi connectivity index (χ2v) is 6.03. The Morgan fingerprint density at radius 1 is 1.68 bits per heavy atom. The molecule has 1 aromatic rings. The highest BCUT2D eigenvalue weighted by Crippen LogP contribution is 2.28. The summed E-state index contributed by atoms with van der Waals surface area (Å²) < 4.78 is 1.95. The number of nitrogens with two attached hydrogens (primary N) is 1. The van der Waals surface area contributed by atoms with Crippen LogP contribution in [0, 0.1) is 0 Å². The maximum absolute atomic E-state index is 12.4. The molecule has 1 fully saturated rings. The van der Waals surface area contributed by atoms with Crippen molar-refractivity contribution in [1.29, 1.82) is 0 Å². The third kappa shape index (κ3) is 3.73. The Hall–Kier alpha value is -1.01. The summed E-state index contributed by atoms with van der Waals surface area (Å²) in [6, 6.07) is -0.0159. The minimum atomic E-state index is -0.381. The maximum atomic E-state index is 12.4. The molecule has 1 atom stereocenters. The second-order valence-electron chi connectivity index (χ2n) is 5.04. The van der Waals surface area contributed by atoms with E-state index in [1.54, 1.807) is 18.0 Å². The number of aryl methyl sites for hydroxylation is 1. The zero-order valence-electron chi connectivity index (χ0n) is 11.6. The number of carbonyl (C=O) groups excluding carboxylic acids is 1. The van der Waals surface area contributed by atoms with Crippen molar-refractivity contribution < 1.29 is 4.79 Å². The van der Waals surface area contributed by atoms with Crippen LogP contribution in [0.4, 0.5) is 0 Å². The average molecular weight is 282 g/mol. The quantitative estimate of drug-likeness (QED) is 0.810. The lowest BCUT2D eigenvalue weighted by Crippen LogP contribution is -2.45. The molecule has 0 aliphatic heterocycles. The highest BCUT2D eigenvalue weighted by atomic mass is 32.2. The lowest BCUT2D eigenvalue weighted by atomic mass is 10.2. The van der Waals surface area contributed by atoms with Crippen LogP contribution >= 0.6 is 11.8 Å². The summed E-state index contributed by atoms with van der Waals surface area (Å²) in [5.74, 6) is 1.91. The van der Waals surface area contributed by atoms with Crippen molar-refractivity contribution >= 4 is 17.7 Å². The molecule has 1 saturated carbocycles. The standard InChI is InChI=1S/C13H22N4OS/c1-16-7-6-15-12(16)9-17(10-3-4-10)13(18)11(14)5-8-19-2/h6-7,10-11H,3-5,8-9,14H2,1-2H3/t11-/m1/s1. The van der Waals surface area contributed by atoms with Gasteiger partial charge in [-0.1, -0.05) is 0 Å². The van der Waals surface area contributed by atoms with Gasteiger partial charge in [-0.2, -0.15) is 11.8 Å². The first-order chi connectivity index (χ1) is 9.13. The third-order valence-corrected chi connectivity index (χ3v) is 4.10. The second kappa shape index (κ2) is 6.43. The fourth-order valence-corrected chi connectivity index (χ4v) is 2.55. The number of hydrogen-bond donors (Lipinski definition) is 1. The number of imidazole rings is 1. The molecule has 0 saturated heterocycles. The molecule has 5 nitrogen and oxygen atoms in total. The minimum Gasteiger partial charge on any atom is -0.337 e. The van der Waals surface area contributed by atoms with Gasteiger partial charge in [0, 0.05) is 25.5 Å². The molecule has 0 bridgehead atoms. The first-order valence-corrected chi connectivity index (χ1v) is 8.04. The summed E-state index contributed by atoms with van der Waals surface area (Å²) in [5.41, 5.74) is 6.01. The lowest BCUT2D eigenvalue weighted by Gasteiger charge is -2.25. The molecule has 2 rings (SSSR count). The minimum absolute atomic E-state index is 0.0690. The average Bonchev–Trinajstić information content (AvgIpc) is 3.16. The van der Waals surface area contributed by atoms with E-state index in [0.29, 0.717) is 12.6 Å². The van der Waals surface area contributed by atoms with Gasteiger partial charge in [-0.3, -0.25) is 4.79 Å². The van der Waals surface area contributed by atoms with E-state index in [9.17, 15) is 4.79 Å². The largest absolute Gasteiger partial charge is 0.337 e. The van der Waals surface area contributed by atoms with Crippen LogP contribution in [0.25, 0.3) is 0 Å². The number of aromatic nitrogens is 2. The summed E-state index contributed by atoms with van der Waals surface area (Å²) in [6.45, 7) is 0.569. The van der Waals surface area contributed by atoms with Crippen molar-refractivity contribution in [2.24, 2.45) is 12.8 Å². The van der Waals surface area contributed by atoms with Crippen LogP contribution in [0.3, 0.4) is 0 Å². The number of amides is 1. The van der Waals surface area contributed by atoms with E-state index < -0.39 is 0 Å². The predicted molar refractivity (Wildman–Crippen MR) is 77.8 cm³/mol. The molecule has 0 aromatic carbocycles. The van der Waals surface area contributed by atoms with Crippen LogP contribution < -0.4 is 5.73 Å². The van der Waals surface area contributed by atoms with E-state index in [0.717, 1.165) is 30.8 Å². The first-order valence-electron chi connectivity index (χ1n) is 6.64. The summed E-state index contributed by atoms with van der Waals surface area (Å²) in [5, 5.41) is 0. The smallest absolute Gasteiger partial charge is 0.240 e. The fraction of sp³-hybridized carbons (Fsp3) is 0.692. The molecule has 2 N–H and O–H groups in total. The van der Waals surface area contributed by atoms with E-state index in [2.05, 4.69) is 4.98 Å². The number of carbonyl (C=O) groups is 1. The highest BCUT2D eigenvalue weighted by molar-refractivity contribution is 7.98. The van der Waals surface area contributed by atoms with Gasteiger partial charge >= 0.3 is 0 Å². The third-order valence-electron chi connectivity index (χ3n) is 3.45. The molecular formula is C13H22N4OS. The van der Waals surface area contributed by atoms with Crippen LogP contribution in [0.1, 0.15) is 25.1 Å². The van der Waals surface area contributed by atoms with E-state index in [1.165, 1.54) is 0 Å². The van der Waals surface area contributed by atoms with E-state index in [-0.39, 0.29) is 11.9 Å². The SMILES string of the molecule is CSCC[C@@H](N)C(=O)N(Cc1nccn1C)C1CC1. The molecule has 0 spiro atoms. The molecule has 0 radical (unpaired) electrons. The zero-order valence-corrected chi connectivity index (χ0v) is 12.4. The van der Waals surface area contributed by atoms with Crippen molar-refractivity contribution in [3.05, 3.63) is 18.2 Å². The van der Waals surface area contributed by atoms with Gasteiger partial charge in [0.2, 0.25) is 5.91 Å². The maximum Gasteiger partial charge on any atom is 0.240 e. The summed E-state index contributed by atoms with van der Waals surface area (Å²) >= 11 is 1.72. The number of rotatable bonds is 7. The van der Waals surface area contributed by atoms with Crippen molar-refractivity contribution in [2.75, 3.05) is 12.0 Å². The number of thioether (sulfide) groups is 1. The molecule has 6 heteroatoms. The van der Waals surface area contributed by atoms with Gasteiger partial charge in [0.15, 0.2) is 0 Å². The molecule has 1 heterocycles. The van der Waals surface area contributed by atoms with Gasteiger partial charge in [-0.25, -0.2) is 4.98 Å². The topological polar surface area (TPSA) is 64.2 Å². The molecule has 19 heavy (non-hydrogen) atoms. The monoisotopic (exact) mass is 282 g/mol. The number of hydrogen-bond acceptors (Lipinski definition) is 4. The Morgan fingerprint density at radius 3 is 2.95 bits per heavy atom. The summed E-state index contributed by atoms with van der Waals surface area (Å²) in [4.78, 5) is 18.6. The summed E-state index contributed by atoms with van der Waals surface area (Å²) in [6.07, 6.45) is 8.61. The van der Waals surface area contributed by atoms with Crippen molar-refractivity contribution in [3.63, 3.8) is 0 Å². The Labute approximate surface area is 118 Å². The highest BCUT2D eigenvalue weighted by Gasteiger charge is 2.35. The van der Waals surface area contributed by atoms with Gasteiger partial charge in [0.1, 0.15) is 5.82 Å².